The lowest BCUT2D eigenvalue weighted by Gasteiger charge is -2.09. The van der Waals surface area contributed by atoms with Gasteiger partial charge in [0.15, 0.2) is 0 Å². The summed E-state index contributed by atoms with van der Waals surface area (Å²) < 4.78 is 0. The molecule has 0 aliphatic carbocycles. The number of nitrogen functional groups attached to an aromatic ring is 1. The van der Waals surface area contributed by atoms with Crippen LogP contribution >= 0.6 is 0 Å². The molecule has 1 aromatic carbocycles. The van der Waals surface area contributed by atoms with Gasteiger partial charge in [-0.05, 0) is 18.2 Å². The number of anilines is 1. The fraction of sp³-hybridized carbons (Fsp3) is 0.111. The average molecular weight is 208 g/mol. The molecule has 0 bridgehead atoms. The summed E-state index contributed by atoms with van der Waals surface area (Å²) in [7, 11) is 1.31. The van der Waals surface area contributed by atoms with Crippen LogP contribution in [0.5, 0.6) is 0 Å². The highest BCUT2D eigenvalue weighted by atomic mass is 17.0. The summed E-state index contributed by atoms with van der Waals surface area (Å²) >= 11 is 0. The highest BCUT2D eigenvalue weighted by Gasteiger charge is 2.27. The summed E-state index contributed by atoms with van der Waals surface area (Å²) in [6, 6.07) is 4.31. The van der Waals surface area contributed by atoms with E-state index in [0.717, 1.165) is 0 Å². The van der Waals surface area contributed by atoms with Crippen molar-refractivity contribution < 1.29 is 19.3 Å². The Bertz CT molecular complexity index is 444. The zero-order valence-electron chi connectivity index (χ0n) is 7.89. The van der Waals surface area contributed by atoms with Crippen LogP contribution in [0, 0.1) is 0 Å². The molecule has 0 saturated heterocycles. The first-order valence-corrected chi connectivity index (χ1v) is 4.16. The molecule has 0 fully saturated rings. The van der Waals surface area contributed by atoms with Gasteiger partial charge in [-0.2, -0.15) is 0 Å². The molecule has 2 rings (SSSR count). The molecule has 6 heteroatoms. The molecule has 6 nitrogen and oxygen atoms in total. The highest BCUT2D eigenvalue weighted by molar-refractivity contribution is 6.04. The van der Waals surface area contributed by atoms with E-state index in [-0.39, 0.29) is 11.1 Å². The third-order valence-corrected chi connectivity index (χ3v) is 1.91. The van der Waals surface area contributed by atoms with E-state index in [1.54, 1.807) is 0 Å². The maximum Gasteiger partial charge on any atom is 0.361 e. The molecule has 0 amide bonds. The van der Waals surface area contributed by atoms with E-state index in [1.165, 1.54) is 25.2 Å². The van der Waals surface area contributed by atoms with Gasteiger partial charge in [-0.25, -0.2) is 9.59 Å². The average Bonchev–Trinajstić information content (AvgIpc) is 2.25. The molecule has 0 atom stereocenters. The summed E-state index contributed by atoms with van der Waals surface area (Å²) in [6.07, 6.45) is 0. The SMILES string of the molecule is CN1OC(=O)c2ccc(N)cc2C(=O)O1. The van der Waals surface area contributed by atoms with Crippen LogP contribution in [0.4, 0.5) is 5.69 Å². The lowest BCUT2D eigenvalue weighted by molar-refractivity contribution is -0.278. The minimum atomic E-state index is -0.675. The van der Waals surface area contributed by atoms with Gasteiger partial charge in [0.25, 0.3) is 0 Å². The third kappa shape index (κ3) is 1.62. The number of hydroxylamine groups is 2. The van der Waals surface area contributed by atoms with Gasteiger partial charge in [0, 0.05) is 10.9 Å². The molecule has 1 aromatic rings. The Hall–Kier alpha value is -2.08. The number of nitrogens with zero attached hydrogens (tertiary/aromatic N) is 1. The second-order valence-electron chi connectivity index (χ2n) is 3.00. The number of carbonyl (C=O) groups excluding carboxylic acids is 2. The van der Waals surface area contributed by atoms with Crippen LogP contribution in [0.2, 0.25) is 0 Å². The van der Waals surface area contributed by atoms with Crippen LogP contribution in [0.15, 0.2) is 18.2 Å². The number of rotatable bonds is 0. The van der Waals surface area contributed by atoms with E-state index in [2.05, 4.69) is 9.68 Å². The minimum absolute atomic E-state index is 0.101. The Morgan fingerprint density at radius 3 is 2.40 bits per heavy atom. The van der Waals surface area contributed by atoms with Gasteiger partial charge < -0.3 is 15.4 Å². The Balaban J connectivity index is 2.56. The van der Waals surface area contributed by atoms with E-state index in [9.17, 15) is 9.59 Å². The molecule has 1 aliphatic rings. The van der Waals surface area contributed by atoms with Crippen molar-refractivity contribution in [1.82, 2.24) is 5.23 Å². The van der Waals surface area contributed by atoms with Gasteiger partial charge in [-0.15, -0.1) is 0 Å². The van der Waals surface area contributed by atoms with Gasteiger partial charge in [0.1, 0.15) is 0 Å². The maximum atomic E-state index is 11.5. The topological polar surface area (TPSA) is 81.9 Å². The van der Waals surface area contributed by atoms with Crippen molar-refractivity contribution >= 4 is 17.6 Å². The number of fused-ring (bicyclic) bond motifs is 1. The van der Waals surface area contributed by atoms with Crippen molar-refractivity contribution in [3.8, 4) is 0 Å². The zero-order valence-corrected chi connectivity index (χ0v) is 7.89. The van der Waals surface area contributed by atoms with Gasteiger partial charge in [-0.3, -0.25) is 0 Å². The van der Waals surface area contributed by atoms with Gasteiger partial charge in [0.05, 0.1) is 18.2 Å². The van der Waals surface area contributed by atoms with Crippen LogP contribution in [0.3, 0.4) is 0 Å². The second-order valence-corrected chi connectivity index (χ2v) is 3.00. The lowest BCUT2D eigenvalue weighted by Crippen LogP contribution is -2.22. The molecular weight excluding hydrogens is 200 g/mol. The van der Waals surface area contributed by atoms with Crippen LogP contribution in [-0.2, 0) is 9.68 Å². The molecule has 0 spiro atoms. The number of benzene rings is 1. The Morgan fingerprint density at radius 1 is 1.13 bits per heavy atom. The molecule has 15 heavy (non-hydrogen) atoms. The predicted octanol–water partition coefficient (Wildman–Crippen LogP) is 0.358. The Morgan fingerprint density at radius 2 is 1.73 bits per heavy atom. The van der Waals surface area contributed by atoms with E-state index in [0.29, 0.717) is 10.9 Å². The lowest BCUT2D eigenvalue weighted by atomic mass is 10.1. The number of hydrogen-bond donors (Lipinski definition) is 1. The molecule has 0 radical (unpaired) electrons. The van der Waals surface area contributed by atoms with Crippen LogP contribution in [0.1, 0.15) is 20.7 Å². The van der Waals surface area contributed by atoms with E-state index in [4.69, 9.17) is 5.73 Å². The number of carbonyl (C=O) groups is 2. The van der Waals surface area contributed by atoms with Crippen LogP contribution < -0.4 is 5.73 Å². The zero-order chi connectivity index (χ0) is 11.0. The smallest absolute Gasteiger partial charge is 0.361 e. The number of nitrogens with two attached hydrogens (primary N) is 1. The minimum Gasteiger partial charge on any atom is -0.399 e. The highest BCUT2D eigenvalue weighted by Crippen LogP contribution is 2.19. The standard InChI is InChI=1S/C9H8N2O4/c1-11-14-8(12)6-3-2-5(10)4-7(6)9(13)15-11/h2-4H,10H2,1H3. The van der Waals surface area contributed by atoms with Crippen molar-refractivity contribution in [3.63, 3.8) is 0 Å². The Kier molecular flexibility index (Phi) is 2.05. The van der Waals surface area contributed by atoms with Crippen molar-refractivity contribution in [2.24, 2.45) is 0 Å². The fourth-order valence-corrected chi connectivity index (χ4v) is 1.26. The van der Waals surface area contributed by atoms with Crippen molar-refractivity contribution in [3.05, 3.63) is 29.3 Å². The van der Waals surface area contributed by atoms with E-state index >= 15 is 0 Å². The van der Waals surface area contributed by atoms with E-state index < -0.39 is 11.9 Å². The van der Waals surface area contributed by atoms with Gasteiger partial charge in [-0.1, -0.05) is 0 Å². The van der Waals surface area contributed by atoms with Gasteiger partial charge >= 0.3 is 11.9 Å². The quantitative estimate of drug-likeness (QED) is 0.620. The van der Waals surface area contributed by atoms with E-state index in [1.807, 2.05) is 0 Å². The Labute approximate surface area is 85.1 Å². The second kappa shape index (κ2) is 3.25. The third-order valence-electron chi connectivity index (χ3n) is 1.91. The molecule has 0 aromatic heterocycles. The molecule has 78 valence electrons. The summed E-state index contributed by atoms with van der Waals surface area (Å²) in [5.74, 6) is -1.33. The number of hydrogen-bond acceptors (Lipinski definition) is 6. The summed E-state index contributed by atoms with van der Waals surface area (Å²) in [5, 5.41) is 0.709. The monoisotopic (exact) mass is 208 g/mol. The molecule has 0 unspecified atom stereocenters. The van der Waals surface area contributed by atoms with Gasteiger partial charge in [0.2, 0.25) is 0 Å². The molecule has 1 heterocycles. The van der Waals surface area contributed by atoms with Crippen LogP contribution in [-0.4, -0.2) is 24.2 Å². The molecule has 2 N–H and O–H groups in total. The molecule has 1 aliphatic heterocycles. The van der Waals surface area contributed by atoms with Crippen molar-refractivity contribution in [1.29, 1.82) is 0 Å². The first-order valence-electron chi connectivity index (χ1n) is 4.16. The first-order chi connectivity index (χ1) is 7.08. The van der Waals surface area contributed by atoms with Crippen molar-refractivity contribution in [2.75, 3.05) is 12.8 Å². The summed E-state index contributed by atoms with van der Waals surface area (Å²) in [4.78, 5) is 32.2. The predicted molar refractivity (Wildman–Crippen MR) is 49.4 cm³/mol. The summed E-state index contributed by atoms with van der Waals surface area (Å²) in [5.41, 5.74) is 6.12. The summed E-state index contributed by atoms with van der Waals surface area (Å²) in [6.45, 7) is 0. The maximum absolute atomic E-state index is 11.5. The molecular formula is C9H8N2O4. The fourth-order valence-electron chi connectivity index (χ4n) is 1.26. The largest absolute Gasteiger partial charge is 0.399 e. The van der Waals surface area contributed by atoms with Crippen molar-refractivity contribution in [2.45, 2.75) is 0 Å². The normalized spacial score (nSPS) is 16.3. The van der Waals surface area contributed by atoms with Crippen LogP contribution in [0.25, 0.3) is 0 Å². The molecule has 0 saturated carbocycles. The first kappa shape index (κ1) is 9.47.